The topological polar surface area (TPSA) is 70.6 Å². The zero-order valence-corrected chi connectivity index (χ0v) is 17.7. The molecule has 0 spiro atoms. The molecule has 0 saturated carbocycles. The number of amides is 1. The van der Waals surface area contributed by atoms with Gasteiger partial charge in [0.25, 0.3) is 5.91 Å². The first kappa shape index (κ1) is 23.0. The largest absolute Gasteiger partial charge is 0.416 e. The SMILES string of the molecule is Cc1ccc(C(=O)N2CCN(S(=O)(=O)CC=Cc3ccc(C(F)(F)F)cc3)CC2)cn1. The molecule has 1 aliphatic rings. The predicted molar refractivity (Wildman–Crippen MR) is 111 cm³/mol. The van der Waals surface area contributed by atoms with Crippen molar-refractivity contribution >= 4 is 22.0 Å². The van der Waals surface area contributed by atoms with Crippen molar-refractivity contribution in [3.8, 4) is 0 Å². The molecule has 0 aliphatic carbocycles. The molecule has 1 aromatic carbocycles. The summed E-state index contributed by atoms with van der Waals surface area (Å²) in [6.07, 6.45) is -0.0206. The third kappa shape index (κ3) is 5.92. The number of aryl methyl sites for hydroxylation is 1. The Kier molecular flexibility index (Phi) is 6.80. The van der Waals surface area contributed by atoms with Gasteiger partial charge in [-0.1, -0.05) is 24.3 Å². The first-order valence-corrected chi connectivity index (χ1v) is 11.2. The average Bonchev–Trinajstić information content (AvgIpc) is 2.73. The van der Waals surface area contributed by atoms with Crippen LogP contribution in [0, 0.1) is 6.92 Å². The lowest BCUT2D eigenvalue weighted by molar-refractivity contribution is -0.137. The van der Waals surface area contributed by atoms with Gasteiger partial charge in [0, 0.05) is 38.1 Å². The molecular formula is C21H22F3N3O3S. The van der Waals surface area contributed by atoms with Gasteiger partial charge in [0.2, 0.25) is 10.0 Å². The summed E-state index contributed by atoms with van der Waals surface area (Å²) < 4.78 is 64.2. The minimum atomic E-state index is -4.41. The van der Waals surface area contributed by atoms with Gasteiger partial charge in [-0.2, -0.15) is 17.5 Å². The van der Waals surface area contributed by atoms with Crippen LogP contribution in [0.15, 0.2) is 48.7 Å². The summed E-state index contributed by atoms with van der Waals surface area (Å²) in [5, 5.41) is 0. The third-order valence-corrected chi connectivity index (χ3v) is 6.70. The molecule has 1 fully saturated rings. The van der Waals surface area contributed by atoms with Gasteiger partial charge in [-0.3, -0.25) is 9.78 Å². The molecule has 2 heterocycles. The van der Waals surface area contributed by atoms with E-state index in [4.69, 9.17) is 0 Å². The first-order chi connectivity index (χ1) is 14.6. The number of nitrogens with zero attached hydrogens (tertiary/aromatic N) is 3. The zero-order valence-electron chi connectivity index (χ0n) is 16.8. The summed E-state index contributed by atoms with van der Waals surface area (Å²) in [5.74, 6) is -0.462. The standard InChI is InChI=1S/C21H22F3N3O3S/c1-16-4-7-18(15-25-16)20(28)26-10-12-27(13-11-26)31(29,30)14-2-3-17-5-8-19(9-6-17)21(22,23)24/h2-9,15H,10-14H2,1H3. The molecule has 1 amide bonds. The van der Waals surface area contributed by atoms with E-state index < -0.39 is 21.8 Å². The molecule has 1 aliphatic heterocycles. The fraction of sp³-hybridized carbons (Fsp3) is 0.333. The highest BCUT2D eigenvalue weighted by atomic mass is 32.2. The molecule has 0 atom stereocenters. The van der Waals surface area contributed by atoms with Gasteiger partial charge >= 0.3 is 6.18 Å². The van der Waals surface area contributed by atoms with E-state index in [1.54, 1.807) is 17.0 Å². The Morgan fingerprint density at radius 2 is 1.71 bits per heavy atom. The van der Waals surface area contributed by atoms with E-state index in [-0.39, 0.29) is 37.8 Å². The molecule has 3 rings (SSSR count). The summed E-state index contributed by atoms with van der Waals surface area (Å²) in [6.45, 7) is 2.73. The van der Waals surface area contributed by atoms with Crippen molar-refractivity contribution in [2.45, 2.75) is 13.1 Å². The summed E-state index contributed by atoms with van der Waals surface area (Å²) >= 11 is 0. The Hall–Kier alpha value is -2.72. The maximum atomic E-state index is 12.6. The number of sulfonamides is 1. The Labute approximate surface area is 179 Å². The summed E-state index contributed by atoms with van der Waals surface area (Å²) in [5.41, 5.74) is 0.981. The molecule has 1 saturated heterocycles. The van der Waals surface area contributed by atoms with Crippen molar-refractivity contribution in [1.29, 1.82) is 0 Å². The van der Waals surface area contributed by atoms with Gasteiger partial charge in [0.15, 0.2) is 0 Å². The van der Waals surface area contributed by atoms with Gasteiger partial charge in [0.05, 0.1) is 16.9 Å². The number of hydrogen-bond donors (Lipinski definition) is 0. The number of rotatable bonds is 5. The van der Waals surface area contributed by atoms with Crippen LogP contribution < -0.4 is 0 Å². The number of hydrogen-bond acceptors (Lipinski definition) is 4. The number of piperazine rings is 1. The lowest BCUT2D eigenvalue weighted by Crippen LogP contribution is -2.50. The quantitative estimate of drug-likeness (QED) is 0.697. The molecule has 0 unspecified atom stereocenters. The lowest BCUT2D eigenvalue weighted by Gasteiger charge is -2.33. The Bertz CT molecular complexity index is 1040. The second-order valence-corrected chi connectivity index (χ2v) is 9.19. The van der Waals surface area contributed by atoms with Crippen LogP contribution in [0.5, 0.6) is 0 Å². The van der Waals surface area contributed by atoms with Gasteiger partial charge < -0.3 is 4.90 Å². The summed E-state index contributed by atoms with van der Waals surface area (Å²) in [6, 6.07) is 7.92. The molecule has 6 nitrogen and oxygen atoms in total. The predicted octanol–water partition coefficient (Wildman–Crippen LogP) is 3.21. The molecule has 2 aromatic rings. The number of alkyl halides is 3. The molecule has 1 aromatic heterocycles. The number of carbonyl (C=O) groups excluding carboxylic acids is 1. The van der Waals surface area contributed by atoms with Crippen molar-refractivity contribution in [3.63, 3.8) is 0 Å². The van der Waals surface area contributed by atoms with E-state index in [1.165, 1.54) is 34.8 Å². The van der Waals surface area contributed by atoms with E-state index >= 15 is 0 Å². The number of carbonyl (C=O) groups is 1. The molecule has 0 radical (unpaired) electrons. The van der Waals surface area contributed by atoms with E-state index in [0.717, 1.165) is 17.8 Å². The minimum Gasteiger partial charge on any atom is -0.336 e. The van der Waals surface area contributed by atoms with Crippen LogP contribution in [-0.4, -0.2) is 60.4 Å². The van der Waals surface area contributed by atoms with Gasteiger partial charge in [-0.25, -0.2) is 8.42 Å². The second-order valence-electron chi connectivity index (χ2n) is 7.18. The minimum absolute atomic E-state index is 0.182. The van der Waals surface area contributed by atoms with E-state index in [9.17, 15) is 26.4 Å². The molecule has 166 valence electrons. The zero-order chi connectivity index (χ0) is 22.6. The Morgan fingerprint density at radius 3 is 2.26 bits per heavy atom. The molecule has 10 heteroatoms. The van der Waals surface area contributed by atoms with Crippen molar-refractivity contribution in [3.05, 3.63) is 71.1 Å². The van der Waals surface area contributed by atoms with Crippen LogP contribution in [0.3, 0.4) is 0 Å². The lowest BCUT2D eigenvalue weighted by atomic mass is 10.1. The fourth-order valence-corrected chi connectivity index (χ4v) is 4.41. The Balaban J connectivity index is 1.54. The normalized spacial score (nSPS) is 16.1. The monoisotopic (exact) mass is 453 g/mol. The number of benzene rings is 1. The number of pyridine rings is 1. The van der Waals surface area contributed by atoms with E-state index in [1.807, 2.05) is 6.92 Å². The van der Waals surface area contributed by atoms with Crippen LogP contribution >= 0.6 is 0 Å². The van der Waals surface area contributed by atoms with Gasteiger partial charge in [-0.05, 0) is 36.8 Å². The van der Waals surface area contributed by atoms with Crippen LogP contribution in [-0.2, 0) is 16.2 Å². The highest BCUT2D eigenvalue weighted by molar-refractivity contribution is 7.89. The highest BCUT2D eigenvalue weighted by Gasteiger charge is 2.30. The molecule has 31 heavy (non-hydrogen) atoms. The summed E-state index contributed by atoms with van der Waals surface area (Å²) in [7, 11) is -3.59. The van der Waals surface area contributed by atoms with Crippen LogP contribution in [0.4, 0.5) is 13.2 Å². The van der Waals surface area contributed by atoms with Crippen LogP contribution in [0.2, 0.25) is 0 Å². The maximum absolute atomic E-state index is 12.6. The van der Waals surface area contributed by atoms with Gasteiger partial charge in [-0.15, -0.1) is 0 Å². The van der Waals surface area contributed by atoms with Crippen molar-refractivity contribution in [2.75, 3.05) is 31.9 Å². The van der Waals surface area contributed by atoms with E-state index in [0.29, 0.717) is 11.1 Å². The average molecular weight is 453 g/mol. The molecule has 0 N–H and O–H groups in total. The summed E-state index contributed by atoms with van der Waals surface area (Å²) in [4.78, 5) is 18.2. The maximum Gasteiger partial charge on any atom is 0.416 e. The Morgan fingerprint density at radius 1 is 1.06 bits per heavy atom. The third-order valence-electron chi connectivity index (χ3n) is 4.93. The fourth-order valence-electron chi connectivity index (χ4n) is 3.14. The second kappa shape index (κ2) is 9.19. The van der Waals surface area contributed by atoms with Crippen molar-refractivity contribution < 1.29 is 26.4 Å². The van der Waals surface area contributed by atoms with Crippen molar-refractivity contribution in [2.24, 2.45) is 0 Å². The van der Waals surface area contributed by atoms with Crippen molar-refractivity contribution in [1.82, 2.24) is 14.2 Å². The molecular weight excluding hydrogens is 431 g/mol. The highest BCUT2D eigenvalue weighted by Crippen LogP contribution is 2.29. The smallest absolute Gasteiger partial charge is 0.336 e. The number of halogens is 3. The molecule has 0 bridgehead atoms. The van der Waals surface area contributed by atoms with Crippen LogP contribution in [0.25, 0.3) is 6.08 Å². The van der Waals surface area contributed by atoms with Gasteiger partial charge in [0.1, 0.15) is 0 Å². The first-order valence-electron chi connectivity index (χ1n) is 9.60. The van der Waals surface area contributed by atoms with Crippen LogP contribution in [0.1, 0.15) is 27.2 Å². The van der Waals surface area contributed by atoms with E-state index in [2.05, 4.69) is 4.98 Å². The number of aromatic nitrogens is 1.